The van der Waals surface area contributed by atoms with Crippen molar-refractivity contribution in [2.45, 2.75) is 38.0 Å². The summed E-state index contributed by atoms with van der Waals surface area (Å²) < 4.78 is 16.4. The minimum atomic E-state index is -0.597. The van der Waals surface area contributed by atoms with Gasteiger partial charge in [0, 0.05) is 16.5 Å². The minimum Gasteiger partial charge on any atom is -0.466 e. The quantitative estimate of drug-likeness (QED) is 0.607. The monoisotopic (exact) mass is 332 g/mol. The van der Waals surface area contributed by atoms with E-state index in [1.54, 1.807) is 13.0 Å². The molecule has 1 aliphatic heterocycles. The van der Waals surface area contributed by atoms with Crippen LogP contribution in [0.1, 0.15) is 37.2 Å². The molecule has 0 aromatic heterocycles. The molecule has 0 spiro atoms. The van der Waals surface area contributed by atoms with Gasteiger partial charge >= 0.3 is 5.97 Å². The van der Waals surface area contributed by atoms with E-state index in [-0.39, 0.29) is 18.5 Å². The van der Waals surface area contributed by atoms with E-state index in [9.17, 15) is 4.79 Å². The Bertz CT molecular complexity index is 493. The Morgan fingerprint density at radius 1 is 1.48 bits per heavy atom. The molecule has 0 aliphatic carbocycles. The van der Waals surface area contributed by atoms with E-state index in [2.05, 4.69) is 0 Å². The Morgan fingerprint density at radius 3 is 3.00 bits per heavy atom. The van der Waals surface area contributed by atoms with Crippen LogP contribution in [0.15, 0.2) is 18.2 Å². The molecule has 2 unspecified atom stereocenters. The van der Waals surface area contributed by atoms with Gasteiger partial charge in [0.15, 0.2) is 6.29 Å². The van der Waals surface area contributed by atoms with Gasteiger partial charge in [0.2, 0.25) is 0 Å². The van der Waals surface area contributed by atoms with Gasteiger partial charge in [0.05, 0.1) is 25.7 Å². The van der Waals surface area contributed by atoms with E-state index < -0.39 is 6.29 Å². The molecule has 1 aromatic rings. The first-order chi connectivity index (χ1) is 10.2. The predicted octanol–water partition coefficient (Wildman–Crippen LogP) is 3.84. The van der Waals surface area contributed by atoms with Gasteiger partial charge < -0.3 is 14.2 Å². The van der Waals surface area contributed by atoms with Crippen LogP contribution < -0.4 is 0 Å². The number of ether oxygens (including phenoxy) is 3. The SMILES string of the molecule is CCOC(=O)CC1CCOC(c2c(Cl)cccc2CCl)O1. The van der Waals surface area contributed by atoms with E-state index in [0.717, 1.165) is 11.1 Å². The second-order valence-corrected chi connectivity index (χ2v) is 5.38. The topological polar surface area (TPSA) is 44.8 Å². The molecule has 21 heavy (non-hydrogen) atoms. The van der Waals surface area contributed by atoms with E-state index >= 15 is 0 Å². The van der Waals surface area contributed by atoms with Gasteiger partial charge in [-0.25, -0.2) is 0 Å². The molecule has 4 nitrogen and oxygen atoms in total. The number of carbonyl (C=O) groups is 1. The van der Waals surface area contributed by atoms with Crippen LogP contribution in [0.3, 0.4) is 0 Å². The standard InChI is InChI=1S/C15H18Cl2O4/c1-2-19-13(18)8-11-6-7-20-15(21-11)14-10(9-16)4-3-5-12(14)17/h3-5,11,15H,2,6-9H2,1H3. The summed E-state index contributed by atoms with van der Waals surface area (Å²) in [5.74, 6) is 0.0571. The van der Waals surface area contributed by atoms with E-state index in [0.29, 0.717) is 30.5 Å². The van der Waals surface area contributed by atoms with Crippen molar-refractivity contribution in [3.8, 4) is 0 Å². The Hall–Kier alpha value is -0.810. The molecule has 2 atom stereocenters. The smallest absolute Gasteiger partial charge is 0.308 e. The third kappa shape index (κ3) is 4.33. The van der Waals surface area contributed by atoms with Crippen molar-refractivity contribution in [1.29, 1.82) is 0 Å². The van der Waals surface area contributed by atoms with Gasteiger partial charge in [-0.3, -0.25) is 4.79 Å². The van der Waals surface area contributed by atoms with Crippen molar-refractivity contribution in [1.82, 2.24) is 0 Å². The van der Waals surface area contributed by atoms with Crippen LogP contribution in [0.4, 0.5) is 0 Å². The zero-order valence-corrected chi connectivity index (χ0v) is 13.3. The molecule has 1 saturated heterocycles. The zero-order chi connectivity index (χ0) is 15.2. The summed E-state index contributed by atoms with van der Waals surface area (Å²) in [7, 11) is 0. The Balaban J connectivity index is 2.09. The average Bonchev–Trinajstić information content (AvgIpc) is 2.47. The zero-order valence-electron chi connectivity index (χ0n) is 11.8. The molecule has 1 heterocycles. The van der Waals surface area contributed by atoms with Gasteiger partial charge in [-0.1, -0.05) is 23.7 Å². The van der Waals surface area contributed by atoms with Crippen LogP contribution in [-0.4, -0.2) is 25.3 Å². The number of benzene rings is 1. The highest BCUT2D eigenvalue weighted by atomic mass is 35.5. The molecular formula is C15H18Cl2O4. The molecule has 0 bridgehead atoms. The lowest BCUT2D eigenvalue weighted by Crippen LogP contribution is -2.30. The summed E-state index contributed by atoms with van der Waals surface area (Å²) in [4.78, 5) is 11.6. The molecular weight excluding hydrogens is 315 g/mol. The van der Waals surface area contributed by atoms with E-state index in [4.69, 9.17) is 37.4 Å². The molecule has 1 aromatic carbocycles. The second kappa shape index (κ2) is 7.99. The van der Waals surface area contributed by atoms with Crippen molar-refractivity contribution in [2.75, 3.05) is 13.2 Å². The maximum absolute atomic E-state index is 11.6. The molecule has 0 N–H and O–H groups in total. The van der Waals surface area contributed by atoms with Crippen molar-refractivity contribution in [3.05, 3.63) is 34.3 Å². The van der Waals surface area contributed by atoms with E-state index in [1.807, 2.05) is 12.1 Å². The summed E-state index contributed by atoms with van der Waals surface area (Å²) in [6.07, 6.45) is 0.0347. The summed E-state index contributed by atoms with van der Waals surface area (Å²) >= 11 is 12.2. The van der Waals surface area contributed by atoms with Gasteiger partial charge in [-0.05, 0) is 25.0 Å². The van der Waals surface area contributed by atoms with Crippen molar-refractivity contribution in [3.63, 3.8) is 0 Å². The highest BCUT2D eigenvalue weighted by molar-refractivity contribution is 6.31. The molecule has 0 amide bonds. The normalized spacial score (nSPS) is 22.0. The fraction of sp³-hybridized carbons (Fsp3) is 0.533. The van der Waals surface area contributed by atoms with Crippen molar-refractivity contribution < 1.29 is 19.0 Å². The molecule has 0 saturated carbocycles. The Morgan fingerprint density at radius 2 is 2.29 bits per heavy atom. The lowest BCUT2D eigenvalue weighted by molar-refractivity contribution is -0.220. The number of halogens is 2. The molecule has 116 valence electrons. The fourth-order valence-electron chi connectivity index (χ4n) is 2.26. The maximum atomic E-state index is 11.6. The van der Waals surface area contributed by atoms with Crippen molar-refractivity contribution >= 4 is 29.2 Å². The van der Waals surface area contributed by atoms with Crippen LogP contribution >= 0.6 is 23.2 Å². The summed E-state index contributed by atoms with van der Waals surface area (Å²) in [5.41, 5.74) is 1.61. The summed E-state index contributed by atoms with van der Waals surface area (Å²) in [6.45, 7) is 2.65. The predicted molar refractivity (Wildman–Crippen MR) is 80.4 cm³/mol. The number of carbonyl (C=O) groups excluding carboxylic acids is 1. The van der Waals surface area contributed by atoms with Crippen LogP contribution in [-0.2, 0) is 24.9 Å². The van der Waals surface area contributed by atoms with Crippen LogP contribution in [0, 0.1) is 0 Å². The highest BCUT2D eigenvalue weighted by Gasteiger charge is 2.29. The Kier molecular flexibility index (Phi) is 6.30. The van der Waals surface area contributed by atoms with Gasteiger partial charge in [-0.15, -0.1) is 11.6 Å². The van der Waals surface area contributed by atoms with Gasteiger partial charge in [-0.2, -0.15) is 0 Å². The molecule has 1 fully saturated rings. The average molecular weight is 333 g/mol. The lowest BCUT2D eigenvalue weighted by atomic mass is 10.1. The number of hydrogen-bond donors (Lipinski definition) is 0. The first-order valence-corrected chi connectivity index (χ1v) is 7.82. The lowest BCUT2D eigenvalue weighted by Gasteiger charge is -2.31. The number of rotatable bonds is 5. The summed E-state index contributed by atoms with van der Waals surface area (Å²) in [5, 5.41) is 0.551. The molecule has 2 rings (SSSR count). The molecule has 1 aliphatic rings. The number of esters is 1. The van der Waals surface area contributed by atoms with Gasteiger partial charge in [0.1, 0.15) is 0 Å². The van der Waals surface area contributed by atoms with Crippen molar-refractivity contribution in [2.24, 2.45) is 0 Å². The minimum absolute atomic E-state index is 0.217. The first kappa shape index (κ1) is 16.6. The molecule has 0 radical (unpaired) electrons. The third-order valence-corrected chi connectivity index (χ3v) is 3.87. The number of alkyl halides is 1. The van der Waals surface area contributed by atoms with Crippen LogP contribution in [0.5, 0.6) is 0 Å². The largest absolute Gasteiger partial charge is 0.466 e. The fourth-order valence-corrected chi connectivity index (χ4v) is 2.77. The highest BCUT2D eigenvalue weighted by Crippen LogP contribution is 2.35. The second-order valence-electron chi connectivity index (χ2n) is 4.70. The van der Waals surface area contributed by atoms with Crippen LogP contribution in [0.2, 0.25) is 5.02 Å². The first-order valence-electron chi connectivity index (χ1n) is 6.91. The number of hydrogen-bond acceptors (Lipinski definition) is 4. The van der Waals surface area contributed by atoms with Gasteiger partial charge in [0.25, 0.3) is 0 Å². The van der Waals surface area contributed by atoms with E-state index in [1.165, 1.54) is 0 Å². The summed E-state index contributed by atoms with van der Waals surface area (Å²) in [6, 6.07) is 5.49. The third-order valence-electron chi connectivity index (χ3n) is 3.25. The maximum Gasteiger partial charge on any atom is 0.308 e. The molecule has 6 heteroatoms. The van der Waals surface area contributed by atoms with Crippen LogP contribution in [0.25, 0.3) is 0 Å². The Labute approximate surface area is 134 Å².